The Labute approximate surface area is 230 Å². The van der Waals surface area contributed by atoms with Gasteiger partial charge in [-0.1, -0.05) is 59.6 Å². The fraction of sp³-hybridized carbons (Fsp3) is 0.231. The Morgan fingerprint density at radius 1 is 0.974 bits per heavy atom. The lowest BCUT2D eigenvalue weighted by atomic mass is 10.0. The highest BCUT2D eigenvalue weighted by molar-refractivity contribution is 7.92. The van der Waals surface area contributed by atoms with Crippen molar-refractivity contribution in [3.63, 3.8) is 0 Å². The number of benzene rings is 3. The number of nitrogens with zero attached hydrogens (tertiary/aromatic N) is 2. The molecular weight excluding hydrogens is 559 g/mol. The summed E-state index contributed by atoms with van der Waals surface area (Å²) in [5, 5.41) is 3.16. The number of carbonyl (C=O) groups excluding carboxylic acids is 2. The van der Waals surface area contributed by atoms with Crippen LogP contribution in [0.5, 0.6) is 0 Å². The zero-order valence-corrected chi connectivity index (χ0v) is 22.8. The van der Waals surface area contributed by atoms with E-state index in [0.717, 1.165) is 24.0 Å². The summed E-state index contributed by atoms with van der Waals surface area (Å²) in [6.45, 7) is -0.938. The molecule has 0 aromatic heterocycles. The monoisotopic (exact) mass is 583 g/mol. The standard InChI is InChI=1S/C26H25Cl2F2N3O4S/c1-31-26(35)24(12-17-6-4-3-5-7-17)32(15-18-8-9-19(27)13-21(18)28)25(34)16-33(38(2,36)37)20-10-11-22(29)23(30)14-20/h3-11,13-14,24H,12,15-16H2,1-2H3,(H,31,35). The average Bonchev–Trinajstić information content (AvgIpc) is 2.87. The van der Waals surface area contributed by atoms with E-state index in [0.29, 0.717) is 21.0 Å². The number of halogens is 4. The van der Waals surface area contributed by atoms with Crippen molar-refractivity contribution in [3.8, 4) is 0 Å². The number of hydrogen-bond acceptors (Lipinski definition) is 4. The van der Waals surface area contributed by atoms with Gasteiger partial charge in [0.15, 0.2) is 11.6 Å². The van der Waals surface area contributed by atoms with Gasteiger partial charge in [0, 0.05) is 36.1 Å². The topological polar surface area (TPSA) is 86.8 Å². The van der Waals surface area contributed by atoms with E-state index in [-0.39, 0.29) is 23.7 Å². The lowest BCUT2D eigenvalue weighted by molar-refractivity contribution is -0.139. The largest absolute Gasteiger partial charge is 0.357 e. The molecule has 0 spiro atoms. The van der Waals surface area contributed by atoms with Crippen LogP contribution in [0.2, 0.25) is 10.0 Å². The third-order valence-corrected chi connectivity index (χ3v) is 7.47. The summed E-state index contributed by atoms with van der Waals surface area (Å²) >= 11 is 12.4. The summed E-state index contributed by atoms with van der Waals surface area (Å²) in [4.78, 5) is 28.0. The summed E-state index contributed by atoms with van der Waals surface area (Å²) in [6.07, 6.45) is 0.948. The van der Waals surface area contributed by atoms with Crippen molar-refractivity contribution in [1.29, 1.82) is 0 Å². The van der Waals surface area contributed by atoms with Crippen LogP contribution >= 0.6 is 23.2 Å². The first-order chi connectivity index (χ1) is 17.9. The van der Waals surface area contributed by atoms with Gasteiger partial charge in [-0.3, -0.25) is 13.9 Å². The van der Waals surface area contributed by atoms with Crippen LogP contribution in [0.25, 0.3) is 0 Å². The highest BCUT2D eigenvalue weighted by Gasteiger charge is 2.33. The molecule has 0 bridgehead atoms. The average molecular weight is 584 g/mol. The molecule has 3 rings (SSSR count). The minimum Gasteiger partial charge on any atom is -0.357 e. The predicted octanol–water partition coefficient (Wildman–Crippen LogP) is 4.42. The van der Waals surface area contributed by atoms with E-state index in [2.05, 4.69) is 5.32 Å². The highest BCUT2D eigenvalue weighted by atomic mass is 35.5. The molecule has 0 saturated heterocycles. The smallest absolute Gasteiger partial charge is 0.244 e. The van der Waals surface area contributed by atoms with Crippen LogP contribution in [0.4, 0.5) is 14.5 Å². The molecule has 1 unspecified atom stereocenters. The van der Waals surface area contributed by atoms with Crippen LogP contribution in [-0.4, -0.2) is 51.0 Å². The van der Waals surface area contributed by atoms with E-state index >= 15 is 0 Å². The molecule has 0 saturated carbocycles. The van der Waals surface area contributed by atoms with Crippen molar-refractivity contribution in [3.05, 3.63) is 99.5 Å². The van der Waals surface area contributed by atoms with Crippen LogP contribution in [0.1, 0.15) is 11.1 Å². The van der Waals surface area contributed by atoms with Crippen LogP contribution in [0, 0.1) is 11.6 Å². The SMILES string of the molecule is CNC(=O)C(Cc1ccccc1)N(Cc1ccc(Cl)cc1Cl)C(=O)CN(c1ccc(F)c(F)c1)S(C)(=O)=O. The van der Waals surface area contributed by atoms with Gasteiger partial charge in [-0.15, -0.1) is 0 Å². The number of carbonyl (C=O) groups is 2. The molecule has 3 aromatic carbocycles. The van der Waals surface area contributed by atoms with Gasteiger partial charge in [-0.05, 0) is 35.4 Å². The van der Waals surface area contributed by atoms with Crippen molar-refractivity contribution < 1.29 is 26.8 Å². The van der Waals surface area contributed by atoms with Gasteiger partial charge >= 0.3 is 0 Å². The Kier molecular flexibility index (Phi) is 9.70. The molecule has 0 fully saturated rings. The van der Waals surface area contributed by atoms with Crippen molar-refractivity contribution in [1.82, 2.24) is 10.2 Å². The normalized spacial score (nSPS) is 12.1. The zero-order chi connectivity index (χ0) is 28.0. The molecule has 0 heterocycles. The van der Waals surface area contributed by atoms with E-state index in [9.17, 15) is 26.8 Å². The summed E-state index contributed by atoms with van der Waals surface area (Å²) in [6, 6.07) is 15.0. The first-order valence-electron chi connectivity index (χ1n) is 11.3. The Morgan fingerprint density at radius 2 is 1.66 bits per heavy atom. The number of anilines is 1. The van der Waals surface area contributed by atoms with Crippen molar-refractivity contribution in [2.45, 2.75) is 19.0 Å². The van der Waals surface area contributed by atoms with Crippen molar-refractivity contribution in [2.24, 2.45) is 0 Å². The van der Waals surface area contributed by atoms with Crippen molar-refractivity contribution in [2.75, 3.05) is 24.2 Å². The fourth-order valence-electron chi connectivity index (χ4n) is 3.81. The van der Waals surface area contributed by atoms with Gasteiger partial charge in [0.25, 0.3) is 0 Å². The van der Waals surface area contributed by atoms with Crippen LogP contribution in [0.3, 0.4) is 0 Å². The van der Waals surface area contributed by atoms with Crippen LogP contribution in [0.15, 0.2) is 66.7 Å². The molecular formula is C26H25Cl2F2N3O4S. The summed E-state index contributed by atoms with van der Waals surface area (Å²) < 4.78 is 53.3. The zero-order valence-electron chi connectivity index (χ0n) is 20.5. The van der Waals surface area contributed by atoms with Gasteiger partial charge < -0.3 is 10.2 Å². The quantitative estimate of drug-likeness (QED) is 0.382. The lowest BCUT2D eigenvalue weighted by Gasteiger charge is -2.33. The Hall–Kier alpha value is -3.21. The Morgan fingerprint density at radius 3 is 2.24 bits per heavy atom. The van der Waals surface area contributed by atoms with Crippen LogP contribution in [-0.2, 0) is 32.6 Å². The molecule has 0 aliphatic heterocycles. The highest BCUT2D eigenvalue weighted by Crippen LogP contribution is 2.25. The molecule has 0 radical (unpaired) electrons. The van der Waals surface area contributed by atoms with Gasteiger partial charge in [-0.2, -0.15) is 0 Å². The number of nitrogens with one attached hydrogen (secondary N) is 1. The Bertz CT molecular complexity index is 1430. The fourth-order valence-corrected chi connectivity index (χ4v) is 5.12. The second-order valence-electron chi connectivity index (χ2n) is 8.45. The molecule has 0 aliphatic rings. The summed E-state index contributed by atoms with van der Waals surface area (Å²) in [5.41, 5.74) is 0.968. The van der Waals surface area contributed by atoms with Crippen molar-refractivity contribution >= 4 is 50.7 Å². The molecule has 0 aliphatic carbocycles. The van der Waals surface area contributed by atoms with Gasteiger partial charge in [0.2, 0.25) is 21.8 Å². The third-order valence-electron chi connectivity index (χ3n) is 5.74. The van der Waals surface area contributed by atoms with E-state index < -0.39 is 46.1 Å². The third kappa shape index (κ3) is 7.43. The van der Waals surface area contributed by atoms with E-state index in [4.69, 9.17) is 23.2 Å². The molecule has 3 aromatic rings. The summed E-state index contributed by atoms with van der Waals surface area (Å²) in [5.74, 6) is -3.71. The Balaban J connectivity index is 2.06. The molecule has 1 atom stereocenters. The van der Waals surface area contributed by atoms with E-state index in [1.807, 2.05) is 0 Å². The number of amides is 2. The van der Waals surface area contributed by atoms with E-state index in [1.54, 1.807) is 42.5 Å². The van der Waals surface area contributed by atoms with Gasteiger partial charge in [-0.25, -0.2) is 17.2 Å². The molecule has 38 heavy (non-hydrogen) atoms. The molecule has 1 N–H and O–H groups in total. The van der Waals surface area contributed by atoms with Gasteiger partial charge in [0.05, 0.1) is 11.9 Å². The minimum atomic E-state index is -4.12. The first-order valence-corrected chi connectivity index (χ1v) is 13.9. The maximum absolute atomic E-state index is 13.9. The number of likely N-dealkylation sites (N-methyl/N-ethyl adjacent to an activating group) is 1. The van der Waals surface area contributed by atoms with Crippen LogP contribution < -0.4 is 9.62 Å². The molecule has 2 amide bonds. The first kappa shape index (κ1) is 29.3. The maximum Gasteiger partial charge on any atom is 0.244 e. The molecule has 202 valence electrons. The van der Waals surface area contributed by atoms with Gasteiger partial charge in [0.1, 0.15) is 12.6 Å². The van der Waals surface area contributed by atoms with E-state index in [1.165, 1.54) is 18.0 Å². The minimum absolute atomic E-state index is 0.113. The predicted molar refractivity (Wildman–Crippen MR) is 144 cm³/mol. The maximum atomic E-state index is 13.9. The molecule has 7 nitrogen and oxygen atoms in total. The second-order valence-corrected chi connectivity index (χ2v) is 11.2. The number of rotatable bonds is 10. The number of hydrogen-bond donors (Lipinski definition) is 1. The lowest BCUT2D eigenvalue weighted by Crippen LogP contribution is -2.53. The molecule has 12 heteroatoms. The summed E-state index contributed by atoms with van der Waals surface area (Å²) in [7, 11) is -2.70. The number of sulfonamides is 1. The second kappa shape index (κ2) is 12.6.